The lowest BCUT2D eigenvalue weighted by Gasteiger charge is -2.18. The fourth-order valence-electron chi connectivity index (χ4n) is 1.30. The first-order chi connectivity index (χ1) is 8.25. The fourth-order valence-corrected chi connectivity index (χ4v) is 3.08. The van der Waals surface area contributed by atoms with Gasteiger partial charge in [-0.15, -0.1) is 0 Å². The molecule has 0 fully saturated rings. The molecule has 102 valence electrons. The zero-order valence-corrected chi connectivity index (χ0v) is 13.9. The van der Waals surface area contributed by atoms with Gasteiger partial charge in [-0.1, -0.05) is 46.1 Å². The van der Waals surface area contributed by atoms with Crippen LogP contribution in [0.15, 0.2) is 23.1 Å². The highest BCUT2D eigenvalue weighted by molar-refractivity contribution is 9.09. The molecule has 0 heterocycles. The quantitative estimate of drug-likeness (QED) is 0.735. The molecule has 0 N–H and O–H groups in total. The molecule has 0 aliphatic heterocycles. The van der Waals surface area contributed by atoms with Crippen LogP contribution in [0.1, 0.15) is 13.3 Å². The first-order valence-corrected chi connectivity index (χ1v) is 8.41. The van der Waals surface area contributed by atoms with Gasteiger partial charge in [0, 0.05) is 18.4 Å². The predicted octanol–water partition coefficient (Wildman–Crippen LogP) is 3.79. The van der Waals surface area contributed by atoms with Crippen LogP contribution >= 0.6 is 39.1 Å². The van der Waals surface area contributed by atoms with Gasteiger partial charge in [0.25, 0.3) is 0 Å². The van der Waals surface area contributed by atoms with Crippen LogP contribution < -0.4 is 0 Å². The van der Waals surface area contributed by atoms with Crippen LogP contribution in [0.4, 0.5) is 0 Å². The highest BCUT2D eigenvalue weighted by Crippen LogP contribution is 2.26. The zero-order valence-electron chi connectivity index (χ0n) is 10.0. The third-order valence-corrected chi connectivity index (χ3v) is 5.49. The molecule has 1 aromatic carbocycles. The van der Waals surface area contributed by atoms with E-state index < -0.39 is 10.0 Å². The van der Waals surface area contributed by atoms with Gasteiger partial charge in [0.1, 0.15) is 0 Å². The molecule has 0 bridgehead atoms. The topological polar surface area (TPSA) is 37.4 Å². The van der Waals surface area contributed by atoms with Crippen molar-refractivity contribution in [3.63, 3.8) is 0 Å². The maximum atomic E-state index is 12.2. The summed E-state index contributed by atoms with van der Waals surface area (Å²) in [4.78, 5) is 0.422. The first-order valence-electron chi connectivity index (χ1n) is 5.30. The molecule has 0 radical (unpaired) electrons. The highest BCUT2D eigenvalue weighted by Gasteiger charge is 2.21. The minimum Gasteiger partial charge on any atom is -0.207 e. The largest absolute Gasteiger partial charge is 0.242 e. The summed E-state index contributed by atoms with van der Waals surface area (Å²) in [6.45, 7) is 2.41. The summed E-state index contributed by atoms with van der Waals surface area (Å²) >= 11 is 15.0. The van der Waals surface area contributed by atoms with Crippen molar-refractivity contribution in [1.82, 2.24) is 4.31 Å². The molecule has 1 rings (SSSR count). The third kappa shape index (κ3) is 4.10. The number of rotatable bonds is 5. The number of sulfonamides is 1. The van der Waals surface area contributed by atoms with E-state index in [-0.39, 0.29) is 14.7 Å². The van der Waals surface area contributed by atoms with Crippen molar-refractivity contribution in [3.05, 3.63) is 28.2 Å². The second-order valence-corrected chi connectivity index (χ2v) is 8.39. The molecule has 0 aromatic heterocycles. The van der Waals surface area contributed by atoms with Crippen LogP contribution in [0.25, 0.3) is 0 Å². The lowest BCUT2D eigenvalue weighted by molar-refractivity contribution is 0.462. The second kappa shape index (κ2) is 6.57. The standard InChI is InChI=1S/C11H14BrCl2NO2S/c1-8(12)5-6-15(2)18(16,17)9-3-4-10(13)11(14)7-9/h3-4,7-8H,5-6H2,1-2H3. The minimum atomic E-state index is -3.50. The van der Waals surface area contributed by atoms with Crippen molar-refractivity contribution in [2.45, 2.75) is 23.1 Å². The van der Waals surface area contributed by atoms with E-state index in [9.17, 15) is 8.42 Å². The Morgan fingerprint density at radius 2 is 1.94 bits per heavy atom. The summed E-state index contributed by atoms with van der Waals surface area (Å²) in [5.74, 6) is 0. The molecule has 3 nitrogen and oxygen atoms in total. The maximum absolute atomic E-state index is 12.2. The Morgan fingerprint density at radius 1 is 1.33 bits per heavy atom. The van der Waals surface area contributed by atoms with Crippen molar-refractivity contribution >= 4 is 49.2 Å². The molecule has 0 amide bonds. The van der Waals surface area contributed by atoms with Gasteiger partial charge < -0.3 is 0 Å². The van der Waals surface area contributed by atoms with Crippen molar-refractivity contribution in [1.29, 1.82) is 0 Å². The lowest BCUT2D eigenvalue weighted by atomic mass is 10.3. The first kappa shape index (κ1) is 16.2. The van der Waals surface area contributed by atoms with Gasteiger partial charge in [0.05, 0.1) is 14.9 Å². The average Bonchev–Trinajstić information content (AvgIpc) is 2.29. The summed E-state index contributed by atoms with van der Waals surface area (Å²) < 4.78 is 25.7. The lowest BCUT2D eigenvalue weighted by Crippen LogP contribution is -2.29. The zero-order chi connectivity index (χ0) is 13.9. The van der Waals surface area contributed by atoms with E-state index in [4.69, 9.17) is 23.2 Å². The van der Waals surface area contributed by atoms with Gasteiger partial charge in [-0.05, 0) is 24.6 Å². The summed E-state index contributed by atoms with van der Waals surface area (Å²) in [5, 5.41) is 0.576. The monoisotopic (exact) mass is 373 g/mol. The van der Waals surface area contributed by atoms with Crippen LogP contribution in [0, 0.1) is 0 Å². The molecule has 0 aliphatic rings. The number of hydrogen-bond donors (Lipinski definition) is 0. The van der Waals surface area contributed by atoms with E-state index >= 15 is 0 Å². The molecule has 1 atom stereocenters. The number of hydrogen-bond acceptors (Lipinski definition) is 2. The summed E-state index contributed by atoms with van der Waals surface area (Å²) in [5.41, 5.74) is 0. The van der Waals surface area contributed by atoms with Gasteiger partial charge in [-0.25, -0.2) is 12.7 Å². The molecule has 1 aromatic rings. The maximum Gasteiger partial charge on any atom is 0.242 e. The van der Waals surface area contributed by atoms with Crippen LogP contribution in [0.3, 0.4) is 0 Å². The van der Waals surface area contributed by atoms with Crippen LogP contribution in [-0.2, 0) is 10.0 Å². The Kier molecular flexibility index (Phi) is 5.93. The molecule has 0 saturated carbocycles. The number of nitrogens with zero attached hydrogens (tertiary/aromatic N) is 1. The van der Waals surface area contributed by atoms with Gasteiger partial charge in [-0.3, -0.25) is 0 Å². The summed E-state index contributed by atoms with van der Waals surface area (Å²) in [6, 6.07) is 4.31. The van der Waals surface area contributed by atoms with E-state index in [1.807, 2.05) is 6.92 Å². The number of alkyl halides is 1. The van der Waals surface area contributed by atoms with E-state index in [1.54, 1.807) is 7.05 Å². The van der Waals surface area contributed by atoms with Gasteiger partial charge in [0.2, 0.25) is 10.0 Å². The smallest absolute Gasteiger partial charge is 0.207 e. The van der Waals surface area contributed by atoms with E-state index in [1.165, 1.54) is 22.5 Å². The molecule has 0 saturated heterocycles. The number of benzene rings is 1. The Labute approximate surface area is 126 Å². The van der Waals surface area contributed by atoms with E-state index in [0.29, 0.717) is 11.6 Å². The van der Waals surface area contributed by atoms with Crippen molar-refractivity contribution in [2.24, 2.45) is 0 Å². The molecule has 18 heavy (non-hydrogen) atoms. The third-order valence-electron chi connectivity index (χ3n) is 2.44. The molecule has 7 heteroatoms. The van der Waals surface area contributed by atoms with Crippen LogP contribution in [-0.4, -0.2) is 31.1 Å². The SMILES string of the molecule is CC(Br)CCN(C)S(=O)(=O)c1ccc(Cl)c(Cl)c1. The van der Waals surface area contributed by atoms with Gasteiger partial charge in [0.15, 0.2) is 0 Å². The van der Waals surface area contributed by atoms with Crippen LogP contribution in [0.5, 0.6) is 0 Å². The number of halogens is 3. The van der Waals surface area contributed by atoms with Crippen molar-refractivity contribution < 1.29 is 8.42 Å². The average molecular weight is 375 g/mol. The Hall–Kier alpha value is 0.190. The van der Waals surface area contributed by atoms with E-state index in [2.05, 4.69) is 15.9 Å². The fraction of sp³-hybridized carbons (Fsp3) is 0.455. The van der Waals surface area contributed by atoms with Crippen molar-refractivity contribution in [3.8, 4) is 0 Å². The van der Waals surface area contributed by atoms with Crippen LogP contribution in [0.2, 0.25) is 10.0 Å². The van der Waals surface area contributed by atoms with Crippen molar-refractivity contribution in [2.75, 3.05) is 13.6 Å². The highest BCUT2D eigenvalue weighted by atomic mass is 79.9. The molecule has 0 spiro atoms. The van der Waals surface area contributed by atoms with Gasteiger partial charge in [-0.2, -0.15) is 0 Å². The molecule has 0 aliphatic carbocycles. The Morgan fingerprint density at radius 3 is 2.44 bits per heavy atom. The molecule has 1 unspecified atom stereocenters. The molecular weight excluding hydrogens is 361 g/mol. The summed E-state index contributed by atoms with van der Waals surface area (Å²) in [6.07, 6.45) is 0.733. The Balaban J connectivity index is 2.95. The van der Waals surface area contributed by atoms with E-state index in [0.717, 1.165) is 6.42 Å². The molecular formula is C11H14BrCl2NO2S. The van der Waals surface area contributed by atoms with Gasteiger partial charge >= 0.3 is 0 Å². The minimum absolute atomic E-state index is 0.154. The Bertz CT molecular complexity index is 520. The second-order valence-electron chi connectivity index (χ2n) is 3.97. The summed E-state index contributed by atoms with van der Waals surface area (Å²) in [7, 11) is -1.96. The predicted molar refractivity (Wildman–Crippen MR) is 79.3 cm³/mol. The normalized spacial score (nSPS) is 13.9.